The molecule has 1 unspecified atom stereocenters. The molecule has 5 heteroatoms. The van der Waals surface area contributed by atoms with Crippen LogP contribution in [0.25, 0.3) is 0 Å². The van der Waals surface area contributed by atoms with Crippen molar-refractivity contribution in [3.8, 4) is 0 Å². The normalized spacial score (nSPS) is 25.6. The van der Waals surface area contributed by atoms with Crippen LogP contribution in [-0.2, 0) is 0 Å². The Labute approximate surface area is 72.5 Å². The summed E-state index contributed by atoms with van der Waals surface area (Å²) in [4.78, 5) is 15.1. The number of nitrogens with zero attached hydrogens (tertiary/aromatic N) is 2. The maximum Gasteiger partial charge on any atom is 0.331 e. The van der Waals surface area contributed by atoms with Crippen LogP contribution >= 0.6 is 0 Å². The number of hydrogen-bond acceptors (Lipinski definition) is 3. The summed E-state index contributed by atoms with van der Waals surface area (Å²) in [5.74, 6) is 5.04. The minimum absolute atomic E-state index is 0.185. The summed E-state index contributed by atoms with van der Waals surface area (Å²) in [5.41, 5.74) is 2.15. The molecule has 1 heterocycles. The number of nitrogens with one attached hydrogen (secondary N) is 1. The Morgan fingerprint density at radius 3 is 2.75 bits per heavy atom. The quantitative estimate of drug-likeness (QED) is 0.286. The number of nitrogens with two attached hydrogens (primary N) is 1. The number of rotatable bonds is 0. The van der Waals surface area contributed by atoms with Crippen LogP contribution in [0.5, 0.6) is 0 Å². The number of piperazine rings is 1. The van der Waals surface area contributed by atoms with Gasteiger partial charge in [-0.1, -0.05) is 0 Å². The standard InChI is InChI=1S/C7H16N4O/c1-6-5-10(2)3-4-11(6)7(12)9-8/h6H,3-5,8H2,1-2H3,(H,9,12). The van der Waals surface area contributed by atoms with Gasteiger partial charge in [-0.05, 0) is 14.0 Å². The molecule has 70 valence electrons. The Balaban J connectivity index is 2.50. The van der Waals surface area contributed by atoms with E-state index in [0.29, 0.717) is 0 Å². The highest BCUT2D eigenvalue weighted by Gasteiger charge is 2.24. The lowest BCUT2D eigenvalue weighted by Crippen LogP contribution is -2.56. The second kappa shape index (κ2) is 3.73. The second-order valence-electron chi connectivity index (χ2n) is 3.25. The third-order valence-electron chi connectivity index (χ3n) is 2.21. The molecule has 1 rings (SSSR count). The van der Waals surface area contributed by atoms with Gasteiger partial charge in [0.05, 0.1) is 0 Å². The molecule has 0 aromatic rings. The largest absolute Gasteiger partial charge is 0.331 e. The molecule has 3 N–H and O–H groups in total. The van der Waals surface area contributed by atoms with Gasteiger partial charge in [0.1, 0.15) is 0 Å². The van der Waals surface area contributed by atoms with E-state index in [1.54, 1.807) is 4.90 Å². The van der Waals surface area contributed by atoms with Crippen LogP contribution in [0.4, 0.5) is 4.79 Å². The Hall–Kier alpha value is -0.810. The molecule has 0 saturated carbocycles. The van der Waals surface area contributed by atoms with Crippen molar-refractivity contribution in [1.29, 1.82) is 0 Å². The molecule has 0 aromatic heterocycles. The molecule has 0 aliphatic carbocycles. The van der Waals surface area contributed by atoms with Crippen LogP contribution in [0.3, 0.4) is 0 Å². The molecule has 1 fully saturated rings. The zero-order valence-electron chi connectivity index (χ0n) is 7.58. The average Bonchev–Trinajstić information content (AvgIpc) is 2.03. The van der Waals surface area contributed by atoms with Crippen LogP contribution in [-0.4, -0.2) is 48.6 Å². The smallest absolute Gasteiger partial charge is 0.318 e. The van der Waals surface area contributed by atoms with Crippen molar-refractivity contribution >= 4 is 6.03 Å². The molecular formula is C7H16N4O. The van der Waals surface area contributed by atoms with Crippen LogP contribution < -0.4 is 11.3 Å². The van der Waals surface area contributed by atoms with Gasteiger partial charge in [-0.25, -0.2) is 10.6 Å². The molecule has 1 atom stereocenters. The second-order valence-corrected chi connectivity index (χ2v) is 3.25. The molecule has 1 aliphatic rings. The minimum atomic E-state index is -0.185. The minimum Gasteiger partial charge on any atom is -0.318 e. The molecule has 1 aliphatic heterocycles. The number of hydrazine groups is 1. The molecule has 0 radical (unpaired) electrons. The van der Waals surface area contributed by atoms with E-state index in [2.05, 4.69) is 10.3 Å². The van der Waals surface area contributed by atoms with Crippen molar-refractivity contribution in [2.75, 3.05) is 26.7 Å². The van der Waals surface area contributed by atoms with Gasteiger partial charge in [-0.3, -0.25) is 5.43 Å². The van der Waals surface area contributed by atoms with Crippen molar-refractivity contribution < 1.29 is 4.79 Å². The zero-order valence-corrected chi connectivity index (χ0v) is 7.58. The number of urea groups is 1. The summed E-state index contributed by atoms with van der Waals surface area (Å²) in [6.07, 6.45) is 0. The number of likely N-dealkylation sites (N-methyl/N-ethyl adjacent to an activating group) is 1. The van der Waals surface area contributed by atoms with Gasteiger partial charge in [-0.15, -0.1) is 0 Å². The highest BCUT2D eigenvalue weighted by molar-refractivity contribution is 5.73. The maximum atomic E-state index is 11.2. The van der Waals surface area contributed by atoms with E-state index in [0.717, 1.165) is 19.6 Å². The van der Waals surface area contributed by atoms with Gasteiger partial charge >= 0.3 is 6.03 Å². The molecule has 12 heavy (non-hydrogen) atoms. The number of hydrogen-bond donors (Lipinski definition) is 2. The third kappa shape index (κ3) is 1.86. The average molecular weight is 172 g/mol. The number of carbonyl (C=O) groups is 1. The molecule has 0 bridgehead atoms. The first-order valence-electron chi connectivity index (χ1n) is 4.11. The van der Waals surface area contributed by atoms with E-state index >= 15 is 0 Å². The summed E-state index contributed by atoms with van der Waals surface area (Å²) >= 11 is 0. The first-order valence-corrected chi connectivity index (χ1v) is 4.11. The highest BCUT2D eigenvalue weighted by atomic mass is 16.2. The van der Waals surface area contributed by atoms with E-state index in [9.17, 15) is 4.79 Å². The summed E-state index contributed by atoms with van der Waals surface area (Å²) in [7, 11) is 2.05. The predicted molar refractivity (Wildman–Crippen MR) is 46.4 cm³/mol. The van der Waals surface area contributed by atoms with Gasteiger partial charge in [-0.2, -0.15) is 0 Å². The first-order chi connectivity index (χ1) is 5.65. The lowest BCUT2D eigenvalue weighted by atomic mass is 10.2. The molecule has 5 nitrogen and oxygen atoms in total. The fourth-order valence-corrected chi connectivity index (χ4v) is 1.52. The zero-order chi connectivity index (χ0) is 9.14. The molecule has 0 spiro atoms. The summed E-state index contributed by atoms with van der Waals surface area (Å²) < 4.78 is 0. The van der Waals surface area contributed by atoms with E-state index in [-0.39, 0.29) is 12.1 Å². The predicted octanol–water partition coefficient (Wildman–Crippen LogP) is -0.794. The SMILES string of the molecule is CC1CN(C)CCN1C(=O)NN. The van der Waals surface area contributed by atoms with E-state index in [1.807, 2.05) is 14.0 Å². The van der Waals surface area contributed by atoms with Gasteiger partial charge in [0.25, 0.3) is 0 Å². The fraction of sp³-hybridized carbons (Fsp3) is 0.857. The third-order valence-corrected chi connectivity index (χ3v) is 2.21. The van der Waals surface area contributed by atoms with E-state index in [4.69, 9.17) is 5.84 Å². The maximum absolute atomic E-state index is 11.2. The molecule has 2 amide bonds. The van der Waals surface area contributed by atoms with Gasteiger partial charge in [0.15, 0.2) is 0 Å². The van der Waals surface area contributed by atoms with Crippen molar-refractivity contribution in [2.45, 2.75) is 13.0 Å². The summed E-state index contributed by atoms with van der Waals surface area (Å²) in [6.45, 7) is 4.59. The summed E-state index contributed by atoms with van der Waals surface area (Å²) in [5, 5.41) is 0. The highest BCUT2D eigenvalue weighted by Crippen LogP contribution is 2.06. The van der Waals surface area contributed by atoms with Gasteiger partial charge in [0, 0.05) is 25.7 Å². The van der Waals surface area contributed by atoms with Crippen LogP contribution in [0.15, 0.2) is 0 Å². The van der Waals surface area contributed by atoms with Gasteiger partial charge < -0.3 is 9.80 Å². The molecule has 1 saturated heterocycles. The van der Waals surface area contributed by atoms with Crippen molar-refractivity contribution in [1.82, 2.24) is 15.2 Å². The molecular weight excluding hydrogens is 156 g/mol. The fourth-order valence-electron chi connectivity index (χ4n) is 1.52. The summed E-state index contributed by atoms with van der Waals surface area (Å²) in [6, 6.07) is 0.0582. The Morgan fingerprint density at radius 2 is 2.25 bits per heavy atom. The number of carbonyl (C=O) groups excluding carboxylic acids is 1. The van der Waals surface area contributed by atoms with Gasteiger partial charge in [0.2, 0.25) is 0 Å². The van der Waals surface area contributed by atoms with Crippen molar-refractivity contribution in [3.05, 3.63) is 0 Å². The van der Waals surface area contributed by atoms with Crippen molar-refractivity contribution in [3.63, 3.8) is 0 Å². The lowest BCUT2D eigenvalue weighted by molar-refractivity contribution is 0.117. The van der Waals surface area contributed by atoms with E-state index < -0.39 is 0 Å². The lowest BCUT2D eigenvalue weighted by Gasteiger charge is -2.37. The Morgan fingerprint density at radius 1 is 1.58 bits per heavy atom. The van der Waals surface area contributed by atoms with Crippen LogP contribution in [0.1, 0.15) is 6.92 Å². The van der Waals surface area contributed by atoms with Crippen LogP contribution in [0.2, 0.25) is 0 Å². The first kappa shape index (κ1) is 9.28. The Kier molecular flexibility index (Phi) is 2.88. The van der Waals surface area contributed by atoms with Crippen LogP contribution in [0, 0.1) is 0 Å². The molecule has 0 aromatic carbocycles. The monoisotopic (exact) mass is 172 g/mol. The van der Waals surface area contributed by atoms with E-state index in [1.165, 1.54) is 0 Å². The number of amides is 2. The van der Waals surface area contributed by atoms with Crippen molar-refractivity contribution in [2.24, 2.45) is 5.84 Å². The Bertz CT molecular complexity index is 173. The topological polar surface area (TPSA) is 61.6 Å².